The number of hydrogen-bond acceptors (Lipinski definition) is 6. The molecule has 2 amide bonds. The number of methoxy groups -OCH3 is 1. The van der Waals surface area contributed by atoms with Gasteiger partial charge >= 0.3 is 5.97 Å². The summed E-state index contributed by atoms with van der Waals surface area (Å²) in [6, 6.07) is 17.7. The molecule has 0 radical (unpaired) electrons. The third-order valence-corrected chi connectivity index (χ3v) is 6.30. The van der Waals surface area contributed by atoms with Crippen LogP contribution < -0.4 is 20.2 Å². The summed E-state index contributed by atoms with van der Waals surface area (Å²) in [4.78, 5) is 37.1. The number of amides is 2. The van der Waals surface area contributed by atoms with E-state index >= 15 is 0 Å². The fourth-order valence-electron chi connectivity index (χ4n) is 4.10. The average molecular weight is 532 g/mol. The number of nitrogens with one attached hydrogen (secondary N) is 2. The Hall–Kier alpha value is -4.20. The van der Waals surface area contributed by atoms with Crippen molar-refractivity contribution in [3.63, 3.8) is 0 Å². The molecule has 2 N–H and O–H groups in total. The van der Waals surface area contributed by atoms with Crippen LogP contribution in [0.5, 0.6) is 11.5 Å². The molecule has 0 spiro atoms. The van der Waals surface area contributed by atoms with Crippen LogP contribution >= 0.6 is 0 Å². The van der Waals surface area contributed by atoms with E-state index in [4.69, 9.17) is 9.47 Å². The van der Waals surface area contributed by atoms with Crippen LogP contribution in [0.2, 0.25) is 0 Å². The summed E-state index contributed by atoms with van der Waals surface area (Å²) in [6.45, 7) is 2.02. The summed E-state index contributed by atoms with van der Waals surface area (Å²) in [5, 5.41) is 8.42. The van der Waals surface area contributed by atoms with Crippen LogP contribution in [-0.2, 0) is 9.59 Å². The molecular weight excluding hydrogens is 494 g/mol. The van der Waals surface area contributed by atoms with Crippen LogP contribution in [0.1, 0.15) is 74.2 Å². The lowest BCUT2D eigenvalue weighted by Crippen LogP contribution is -2.34. The van der Waals surface area contributed by atoms with Gasteiger partial charge in [-0.25, -0.2) is 10.2 Å². The van der Waals surface area contributed by atoms with Crippen LogP contribution in [-0.4, -0.2) is 37.7 Å². The predicted molar refractivity (Wildman–Crippen MR) is 153 cm³/mol. The van der Waals surface area contributed by atoms with Crippen molar-refractivity contribution in [1.29, 1.82) is 0 Å². The minimum Gasteiger partial charge on any atom is -0.497 e. The van der Waals surface area contributed by atoms with Gasteiger partial charge in [-0.2, -0.15) is 5.10 Å². The van der Waals surface area contributed by atoms with Crippen molar-refractivity contribution in [2.45, 2.75) is 58.3 Å². The van der Waals surface area contributed by atoms with Crippen molar-refractivity contribution >= 4 is 34.8 Å². The van der Waals surface area contributed by atoms with Crippen molar-refractivity contribution in [1.82, 2.24) is 10.7 Å². The first-order valence-electron chi connectivity index (χ1n) is 13.5. The zero-order valence-electron chi connectivity index (χ0n) is 22.7. The molecule has 0 saturated heterocycles. The molecule has 0 unspecified atom stereocenters. The number of hydrogen-bond donors (Lipinski definition) is 2. The lowest BCUT2D eigenvalue weighted by molar-refractivity contribution is -0.126. The van der Waals surface area contributed by atoms with E-state index in [9.17, 15) is 14.4 Å². The van der Waals surface area contributed by atoms with Crippen molar-refractivity contribution in [2.75, 3.05) is 13.7 Å². The number of benzene rings is 3. The second kappa shape index (κ2) is 15.9. The van der Waals surface area contributed by atoms with Gasteiger partial charge in [0.2, 0.25) is 5.91 Å². The van der Waals surface area contributed by atoms with E-state index in [1.54, 1.807) is 37.4 Å². The van der Waals surface area contributed by atoms with E-state index < -0.39 is 11.9 Å². The van der Waals surface area contributed by atoms with Gasteiger partial charge in [0.25, 0.3) is 5.91 Å². The third-order valence-electron chi connectivity index (χ3n) is 6.30. The highest BCUT2D eigenvalue weighted by Gasteiger charge is 2.14. The summed E-state index contributed by atoms with van der Waals surface area (Å²) < 4.78 is 10.8. The highest BCUT2D eigenvalue weighted by atomic mass is 16.5. The molecule has 0 saturated carbocycles. The smallest absolute Gasteiger partial charge is 0.343 e. The Labute approximate surface area is 229 Å². The maximum absolute atomic E-state index is 12.8. The molecule has 0 aliphatic carbocycles. The van der Waals surface area contributed by atoms with E-state index in [2.05, 4.69) is 22.8 Å². The Bertz CT molecular complexity index is 1270. The van der Waals surface area contributed by atoms with Crippen LogP contribution in [0, 0.1) is 0 Å². The van der Waals surface area contributed by atoms with E-state index in [-0.39, 0.29) is 12.5 Å². The molecule has 3 aromatic rings. The number of ether oxygens (including phenoxy) is 2. The predicted octanol–water partition coefficient (Wildman–Crippen LogP) is 5.77. The average Bonchev–Trinajstić information content (AvgIpc) is 2.96. The number of nitrogens with zero attached hydrogens (tertiary/aromatic N) is 1. The molecule has 0 aromatic heterocycles. The van der Waals surface area contributed by atoms with Crippen molar-refractivity contribution in [3.8, 4) is 11.5 Å². The van der Waals surface area contributed by atoms with Gasteiger partial charge in [-0.1, -0.05) is 75.8 Å². The largest absolute Gasteiger partial charge is 0.497 e. The standard InChI is InChI=1S/C31H37N3O5/c1-3-4-5-6-7-8-9-14-29(35)32-22-30(36)34-33-21-27-26-13-11-10-12-23(26)17-20-28(27)39-31(37)24-15-18-25(38-2)19-16-24/h10-13,15-21H,3-9,14,22H2,1-2H3,(H,32,35)(H,34,36)/b33-21+. The third kappa shape index (κ3) is 9.56. The molecule has 0 bridgehead atoms. The number of fused-ring (bicyclic) bond motifs is 1. The fraction of sp³-hybridized carbons (Fsp3) is 0.355. The molecule has 0 atom stereocenters. The monoisotopic (exact) mass is 531 g/mol. The number of carbonyl (C=O) groups is 3. The first kappa shape index (κ1) is 29.4. The van der Waals surface area contributed by atoms with Crippen molar-refractivity contribution in [3.05, 3.63) is 71.8 Å². The van der Waals surface area contributed by atoms with Crippen LogP contribution in [0.3, 0.4) is 0 Å². The molecular formula is C31H37N3O5. The Morgan fingerprint density at radius 1 is 0.846 bits per heavy atom. The molecule has 0 aliphatic heterocycles. The minimum absolute atomic E-state index is 0.149. The van der Waals surface area contributed by atoms with Crippen molar-refractivity contribution in [2.24, 2.45) is 5.10 Å². The quantitative estimate of drug-likeness (QED) is 0.0851. The van der Waals surface area contributed by atoms with Gasteiger partial charge in [-0.15, -0.1) is 0 Å². The molecule has 0 fully saturated rings. The number of unbranched alkanes of at least 4 members (excludes halogenated alkanes) is 6. The summed E-state index contributed by atoms with van der Waals surface area (Å²) in [7, 11) is 1.55. The lowest BCUT2D eigenvalue weighted by atomic mass is 10.0. The second-order valence-corrected chi connectivity index (χ2v) is 9.26. The highest BCUT2D eigenvalue weighted by Crippen LogP contribution is 2.27. The highest BCUT2D eigenvalue weighted by molar-refractivity contribution is 6.04. The molecule has 206 valence electrons. The molecule has 3 aromatic carbocycles. The summed E-state index contributed by atoms with van der Waals surface area (Å²) in [5.74, 6) is -0.193. The van der Waals surface area contributed by atoms with E-state index in [1.165, 1.54) is 31.9 Å². The Kier molecular flexibility index (Phi) is 12.0. The molecule has 39 heavy (non-hydrogen) atoms. The molecule has 3 rings (SSSR count). The minimum atomic E-state index is -0.532. The molecule has 8 nitrogen and oxygen atoms in total. The Balaban J connectivity index is 1.56. The second-order valence-electron chi connectivity index (χ2n) is 9.26. The van der Waals surface area contributed by atoms with Gasteiger partial charge in [0.15, 0.2) is 0 Å². The maximum atomic E-state index is 12.8. The lowest BCUT2D eigenvalue weighted by Gasteiger charge is -2.11. The van der Waals surface area contributed by atoms with Gasteiger partial charge < -0.3 is 14.8 Å². The van der Waals surface area contributed by atoms with Gasteiger partial charge in [0, 0.05) is 12.0 Å². The zero-order chi connectivity index (χ0) is 27.9. The van der Waals surface area contributed by atoms with Gasteiger partial charge in [0.05, 0.1) is 25.4 Å². The number of hydrazone groups is 1. The SMILES string of the molecule is CCCCCCCCCC(=O)NCC(=O)N/N=C/c1c(OC(=O)c2ccc(OC)cc2)ccc2ccccc12. The molecule has 0 heterocycles. The molecule has 0 aliphatic rings. The number of rotatable bonds is 15. The summed E-state index contributed by atoms with van der Waals surface area (Å²) in [5.41, 5.74) is 3.34. The van der Waals surface area contributed by atoms with Crippen LogP contribution in [0.4, 0.5) is 0 Å². The summed E-state index contributed by atoms with van der Waals surface area (Å²) in [6.07, 6.45) is 9.74. The number of carbonyl (C=O) groups excluding carboxylic acids is 3. The topological polar surface area (TPSA) is 106 Å². The maximum Gasteiger partial charge on any atom is 0.343 e. The van der Waals surface area contributed by atoms with Crippen molar-refractivity contribution < 1.29 is 23.9 Å². The van der Waals surface area contributed by atoms with Gasteiger partial charge in [-0.3, -0.25) is 9.59 Å². The normalized spacial score (nSPS) is 10.9. The first-order valence-corrected chi connectivity index (χ1v) is 13.5. The molecule has 8 heteroatoms. The Morgan fingerprint density at radius 3 is 2.31 bits per heavy atom. The fourth-order valence-corrected chi connectivity index (χ4v) is 4.10. The van der Waals surface area contributed by atoms with Crippen LogP contribution in [0.25, 0.3) is 10.8 Å². The van der Waals surface area contributed by atoms with E-state index in [1.807, 2.05) is 30.3 Å². The van der Waals surface area contributed by atoms with E-state index in [0.717, 1.165) is 30.0 Å². The zero-order valence-corrected chi connectivity index (χ0v) is 22.7. The number of esters is 1. The van der Waals surface area contributed by atoms with Crippen LogP contribution in [0.15, 0.2) is 65.8 Å². The Morgan fingerprint density at radius 2 is 1.56 bits per heavy atom. The van der Waals surface area contributed by atoms with Gasteiger partial charge in [-0.05, 0) is 47.5 Å². The summed E-state index contributed by atoms with van der Waals surface area (Å²) >= 11 is 0. The van der Waals surface area contributed by atoms with E-state index in [0.29, 0.717) is 29.0 Å². The first-order chi connectivity index (χ1) is 19.0. The van der Waals surface area contributed by atoms with Gasteiger partial charge in [0.1, 0.15) is 11.5 Å².